The van der Waals surface area contributed by atoms with Gasteiger partial charge in [0.15, 0.2) is 0 Å². The standard InChI is InChI=1S/C21H35NO.C18H14Cl2N2O/c1-3-4-5-6-7-8-12-15-19-17-21(23)20(22(19)2)16-18-13-10-9-11-14-18;1-13(22-9-8-21-12-22)16-4-2-3-5-18(16)23-11-14-6-7-15(19)10-17(14)20/h9-11,13-14,19-21,23H,3-8,12,15-17H2,1-2H3;2-10,12H,1,11H2. The van der Waals surface area contributed by atoms with Crippen molar-refractivity contribution in [3.05, 3.63) is 125 Å². The molecule has 1 saturated heterocycles. The summed E-state index contributed by atoms with van der Waals surface area (Å²) in [5, 5.41) is 11.6. The molecule has 246 valence electrons. The topological polar surface area (TPSA) is 50.5 Å². The van der Waals surface area contributed by atoms with Crippen LogP contribution in [0.4, 0.5) is 0 Å². The molecule has 5 rings (SSSR count). The van der Waals surface area contributed by atoms with Crippen molar-refractivity contribution in [1.82, 2.24) is 14.5 Å². The van der Waals surface area contributed by atoms with Crippen molar-refractivity contribution in [1.29, 1.82) is 0 Å². The van der Waals surface area contributed by atoms with Crippen LogP contribution in [0, 0.1) is 0 Å². The fraction of sp³-hybridized carbons (Fsp3) is 0.410. The molecule has 46 heavy (non-hydrogen) atoms. The average molecular weight is 663 g/mol. The van der Waals surface area contributed by atoms with Crippen LogP contribution < -0.4 is 4.74 Å². The van der Waals surface area contributed by atoms with Gasteiger partial charge >= 0.3 is 0 Å². The lowest BCUT2D eigenvalue weighted by atomic mass is 10.0. The molecule has 5 nitrogen and oxygen atoms in total. The second-order valence-electron chi connectivity index (χ2n) is 12.2. The maximum absolute atomic E-state index is 10.4. The Bertz CT molecular complexity index is 1460. The van der Waals surface area contributed by atoms with Gasteiger partial charge in [-0.1, -0.05) is 130 Å². The number of hydrogen-bond donors (Lipinski definition) is 1. The van der Waals surface area contributed by atoms with E-state index < -0.39 is 0 Å². The Morgan fingerprint density at radius 2 is 1.67 bits per heavy atom. The number of halogens is 2. The van der Waals surface area contributed by atoms with Crippen LogP contribution in [0.1, 0.15) is 81.4 Å². The zero-order valence-electron chi connectivity index (χ0n) is 27.3. The molecular weight excluding hydrogens is 613 g/mol. The highest BCUT2D eigenvalue weighted by Crippen LogP contribution is 2.30. The van der Waals surface area contributed by atoms with Gasteiger partial charge in [-0.15, -0.1) is 0 Å². The lowest BCUT2D eigenvalue weighted by Crippen LogP contribution is -2.37. The molecule has 7 heteroatoms. The second-order valence-corrected chi connectivity index (χ2v) is 13.1. The van der Waals surface area contributed by atoms with E-state index in [1.54, 1.807) is 24.7 Å². The molecule has 0 saturated carbocycles. The smallest absolute Gasteiger partial charge is 0.129 e. The molecule has 3 atom stereocenters. The molecule has 1 aliphatic heterocycles. The molecule has 1 N–H and O–H groups in total. The van der Waals surface area contributed by atoms with E-state index in [4.69, 9.17) is 27.9 Å². The minimum absolute atomic E-state index is 0.172. The molecule has 0 radical (unpaired) electrons. The van der Waals surface area contributed by atoms with Gasteiger partial charge in [0.05, 0.1) is 18.1 Å². The normalized spacial score (nSPS) is 17.8. The number of benzene rings is 3. The second kappa shape index (κ2) is 18.9. The lowest BCUT2D eigenvalue weighted by Gasteiger charge is -2.26. The number of nitrogens with zero attached hydrogens (tertiary/aromatic N) is 3. The summed E-state index contributed by atoms with van der Waals surface area (Å²) in [6.45, 7) is 6.73. The van der Waals surface area contributed by atoms with E-state index in [0.717, 1.165) is 35.4 Å². The maximum atomic E-state index is 10.4. The van der Waals surface area contributed by atoms with Gasteiger partial charge in [0, 0.05) is 45.6 Å². The van der Waals surface area contributed by atoms with E-state index in [1.165, 1.54) is 56.9 Å². The number of likely N-dealkylation sites (tertiary alicyclic amines) is 1. The van der Waals surface area contributed by atoms with Crippen LogP contribution in [-0.2, 0) is 13.0 Å². The fourth-order valence-electron chi connectivity index (χ4n) is 6.12. The number of likely N-dealkylation sites (N-methyl/N-ethyl adjacent to an activating group) is 1. The summed E-state index contributed by atoms with van der Waals surface area (Å²) >= 11 is 12.1. The molecule has 1 aliphatic rings. The Balaban J connectivity index is 0.000000209. The Hall–Kier alpha value is -3.09. The molecule has 1 aromatic heterocycles. The van der Waals surface area contributed by atoms with Gasteiger partial charge in [-0.2, -0.15) is 0 Å². The van der Waals surface area contributed by atoms with Crippen molar-refractivity contribution >= 4 is 28.9 Å². The number of aliphatic hydroxyl groups excluding tert-OH is 1. The third-order valence-electron chi connectivity index (χ3n) is 8.90. The molecular formula is C39H49Cl2N3O2. The molecule has 0 aliphatic carbocycles. The van der Waals surface area contributed by atoms with Crippen LogP contribution in [0.5, 0.6) is 5.75 Å². The van der Waals surface area contributed by atoms with E-state index in [2.05, 4.69) is 60.8 Å². The molecule has 4 aromatic rings. The Morgan fingerprint density at radius 3 is 2.39 bits per heavy atom. The summed E-state index contributed by atoms with van der Waals surface area (Å²) in [6.07, 6.45) is 17.8. The predicted octanol–water partition coefficient (Wildman–Crippen LogP) is 10.1. The van der Waals surface area contributed by atoms with Gasteiger partial charge in [0.25, 0.3) is 0 Å². The quantitative estimate of drug-likeness (QED) is 0.129. The third-order valence-corrected chi connectivity index (χ3v) is 9.48. The van der Waals surface area contributed by atoms with Crippen molar-refractivity contribution in [2.45, 2.75) is 95.9 Å². The Morgan fingerprint density at radius 1 is 0.957 bits per heavy atom. The van der Waals surface area contributed by atoms with Gasteiger partial charge in [-0.05, 0) is 56.1 Å². The largest absolute Gasteiger partial charge is 0.488 e. The first kappa shape index (κ1) is 35.8. The number of para-hydroxylation sites is 1. The zero-order valence-corrected chi connectivity index (χ0v) is 28.8. The van der Waals surface area contributed by atoms with Crippen LogP contribution >= 0.6 is 23.2 Å². The van der Waals surface area contributed by atoms with Crippen LogP contribution in [0.2, 0.25) is 10.0 Å². The van der Waals surface area contributed by atoms with E-state index in [9.17, 15) is 5.11 Å². The zero-order chi connectivity index (χ0) is 32.7. The number of ether oxygens (including phenoxy) is 1. The van der Waals surface area contributed by atoms with Crippen molar-refractivity contribution in [3.8, 4) is 5.75 Å². The van der Waals surface area contributed by atoms with Crippen LogP contribution in [0.25, 0.3) is 5.70 Å². The van der Waals surface area contributed by atoms with E-state index in [0.29, 0.717) is 22.7 Å². The molecule has 3 aromatic carbocycles. The minimum atomic E-state index is -0.172. The fourth-order valence-corrected chi connectivity index (χ4v) is 6.58. The predicted molar refractivity (Wildman–Crippen MR) is 193 cm³/mol. The lowest BCUT2D eigenvalue weighted by molar-refractivity contribution is 0.123. The van der Waals surface area contributed by atoms with Gasteiger partial charge in [0.2, 0.25) is 0 Å². The highest BCUT2D eigenvalue weighted by molar-refractivity contribution is 6.35. The molecule has 2 heterocycles. The van der Waals surface area contributed by atoms with Crippen molar-refractivity contribution < 1.29 is 9.84 Å². The number of imidazole rings is 1. The van der Waals surface area contributed by atoms with Crippen LogP contribution in [-0.4, -0.2) is 44.8 Å². The summed E-state index contributed by atoms with van der Waals surface area (Å²) in [7, 11) is 2.20. The first-order valence-corrected chi connectivity index (χ1v) is 17.4. The number of aliphatic hydroxyl groups is 1. The van der Waals surface area contributed by atoms with Gasteiger partial charge in [-0.25, -0.2) is 4.98 Å². The van der Waals surface area contributed by atoms with Gasteiger partial charge in [0.1, 0.15) is 12.4 Å². The van der Waals surface area contributed by atoms with Crippen molar-refractivity contribution in [3.63, 3.8) is 0 Å². The first-order valence-electron chi connectivity index (χ1n) is 16.6. The molecule has 0 amide bonds. The van der Waals surface area contributed by atoms with E-state index in [1.807, 2.05) is 41.1 Å². The highest BCUT2D eigenvalue weighted by atomic mass is 35.5. The number of hydrogen-bond acceptors (Lipinski definition) is 4. The van der Waals surface area contributed by atoms with Crippen molar-refractivity contribution in [2.75, 3.05) is 7.05 Å². The van der Waals surface area contributed by atoms with Gasteiger partial charge < -0.3 is 14.4 Å². The monoisotopic (exact) mass is 661 g/mol. The minimum Gasteiger partial charge on any atom is -0.488 e. The average Bonchev–Trinajstić information content (AvgIpc) is 3.70. The van der Waals surface area contributed by atoms with E-state index >= 15 is 0 Å². The molecule has 3 unspecified atom stereocenters. The third kappa shape index (κ3) is 10.7. The summed E-state index contributed by atoms with van der Waals surface area (Å²) in [6, 6.07) is 24.5. The van der Waals surface area contributed by atoms with Crippen LogP contribution in [0.15, 0.2) is 98.1 Å². The summed E-state index contributed by atoms with van der Waals surface area (Å²) in [5.74, 6) is 0.734. The van der Waals surface area contributed by atoms with Crippen molar-refractivity contribution in [2.24, 2.45) is 0 Å². The molecule has 0 bridgehead atoms. The van der Waals surface area contributed by atoms with E-state index in [-0.39, 0.29) is 12.1 Å². The number of unbranched alkanes of at least 4 members (excludes halogenated alkanes) is 6. The molecule has 0 spiro atoms. The SMILES string of the molecule is C=C(c1ccccc1OCc1ccc(Cl)cc1Cl)n1ccnc1.CCCCCCCCCC1CC(O)C(Cc2ccccc2)N1C. The number of aromatic nitrogens is 2. The summed E-state index contributed by atoms with van der Waals surface area (Å²) < 4.78 is 7.79. The van der Waals surface area contributed by atoms with Gasteiger partial charge in [-0.3, -0.25) is 4.90 Å². The summed E-state index contributed by atoms with van der Waals surface area (Å²) in [5.41, 5.74) is 3.90. The Kier molecular flexibility index (Phi) is 14.7. The first-order chi connectivity index (χ1) is 22.4. The summed E-state index contributed by atoms with van der Waals surface area (Å²) in [4.78, 5) is 6.48. The Labute approximate surface area is 285 Å². The molecule has 1 fully saturated rings. The van der Waals surface area contributed by atoms with Crippen LogP contribution in [0.3, 0.4) is 0 Å². The highest BCUT2D eigenvalue weighted by Gasteiger charge is 2.37. The number of rotatable bonds is 15. The maximum Gasteiger partial charge on any atom is 0.129 e.